The van der Waals surface area contributed by atoms with E-state index in [1.165, 1.54) is 7.11 Å². The van der Waals surface area contributed by atoms with Gasteiger partial charge in [-0.05, 0) is 66.8 Å². The number of likely N-dealkylation sites (tertiary alicyclic amines) is 2. The standard InChI is InChI=1S/C39H50N8O4/c1-23(2)33(40-5)37(48)46-19-7-9-31(46)35-41-21-29(43-35)27-15-11-25(12-16-27)26-13-17-28(18-14-26)30-22-42-36(44-30)32-10-8-20-47(32)38(49)34(24(3)4)45-39(50)51-6/h11-18,21-24,31-34,40H,7-10,19-20H2,1-6H3,(H,41,43)(H,42,44)(H,45,50)/t31?,32?,33-,34-/m0/s1. The van der Waals surface area contributed by atoms with Crippen LogP contribution in [-0.2, 0) is 14.3 Å². The number of carbonyl (C=O) groups excluding carboxylic acids is 3. The molecule has 270 valence electrons. The van der Waals surface area contributed by atoms with Gasteiger partial charge in [0.1, 0.15) is 17.7 Å². The Balaban J connectivity index is 1.11. The lowest BCUT2D eigenvalue weighted by molar-refractivity contribution is -0.136. The Morgan fingerprint density at radius 1 is 0.706 bits per heavy atom. The number of likely N-dealkylation sites (N-methyl/N-ethyl adjacent to an activating group) is 1. The molecule has 3 amide bonds. The Kier molecular flexibility index (Phi) is 10.9. The van der Waals surface area contributed by atoms with E-state index in [0.29, 0.717) is 6.54 Å². The minimum absolute atomic E-state index is 0.0447. The van der Waals surface area contributed by atoms with Gasteiger partial charge in [-0.25, -0.2) is 14.8 Å². The summed E-state index contributed by atoms with van der Waals surface area (Å²) >= 11 is 0. The van der Waals surface area contributed by atoms with E-state index in [2.05, 4.69) is 88.0 Å². The van der Waals surface area contributed by atoms with E-state index in [1.54, 1.807) is 0 Å². The van der Waals surface area contributed by atoms with Gasteiger partial charge in [0.25, 0.3) is 0 Å². The number of carbonyl (C=O) groups is 3. The van der Waals surface area contributed by atoms with Crippen LogP contribution in [0, 0.1) is 11.8 Å². The molecule has 12 nitrogen and oxygen atoms in total. The summed E-state index contributed by atoms with van der Waals surface area (Å²) in [4.78, 5) is 58.9. The van der Waals surface area contributed by atoms with E-state index in [0.717, 1.165) is 77.5 Å². The zero-order valence-electron chi connectivity index (χ0n) is 30.4. The van der Waals surface area contributed by atoms with Gasteiger partial charge in [-0.3, -0.25) is 9.59 Å². The lowest BCUT2D eigenvalue weighted by Gasteiger charge is -2.30. The van der Waals surface area contributed by atoms with E-state index in [1.807, 2.05) is 43.1 Å². The Labute approximate surface area is 299 Å². The van der Waals surface area contributed by atoms with E-state index in [4.69, 9.17) is 9.72 Å². The Morgan fingerprint density at radius 3 is 1.51 bits per heavy atom. The van der Waals surface area contributed by atoms with Crippen molar-refractivity contribution >= 4 is 17.9 Å². The van der Waals surface area contributed by atoms with Crippen molar-refractivity contribution in [3.8, 4) is 33.6 Å². The van der Waals surface area contributed by atoms with Gasteiger partial charge in [0.2, 0.25) is 11.8 Å². The third-order valence-electron chi connectivity index (χ3n) is 10.3. The second-order valence-electron chi connectivity index (χ2n) is 14.3. The van der Waals surface area contributed by atoms with Crippen molar-refractivity contribution in [2.75, 3.05) is 27.2 Å². The second kappa shape index (κ2) is 15.5. The molecule has 0 aliphatic carbocycles. The monoisotopic (exact) mass is 694 g/mol. The number of aromatic nitrogens is 4. The van der Waals surface area contributed by atoms with Crippen molar-refractivity contribution in [2.24, 2.45) is 11.8 Å². The Bertz CT molecular complexity index is 1810. The number of aromatic amines is 2. The average molecular weight is 695 g/mol. The lowest BCUT2D eigenvalue weighted by atomic mass is 10.0. The van der Waals surface area contributed by atoms with Crippen molar-refractivity contribution in [3.63, 3.8) is 0 Å². The maximum absolute atomic E-state index is 13.5. The van der Waals surface area contributed by atoms with Crippen LogP contribution in [0.25, 0.3) is 33.6 Å². The summed E-state index contributed by atoms with van der Waals surface area (Å²) in [5, 5.41) is 5.89. The van der Waals surface area contributed by atoms with Gasteiger partial charge < -0.3 is 35.1 Å². The smallest absolute Gasteiger partial charge is 0.407 e. The number of amides is 3. The summed E-state index contributed by atoms with van der Waals surface area (Å²) in [6, 6.07) is 15.6. The van der Waals surface area contributed by atoms with Crippen molar-refractivity contribution in [1.82, 2.24) is 40.4 Å². The number of methoxy groups -OCH3 is 1. The normalized spacial score (nSPS) is 18.7. The fourth-order valence-corrected chi connectivity index (χ4v) is 7.42. The van der Waals surface area contributed by atoms with Gasteiger partial charge in [-0.1, -0.05) is 76.2 Å². The van der Waals surface area contributed by atoms with Gasteiger partial charge in [0, 0.05) is 13.1 Å². The van der Waals surface area contributed by atoms with Gasteiger partial charge in [0.05, 0.1) is 49.0 Å². The molecule has 2 saturated heterocycles. The zero-order chi connectivity index (χ0) is 36.2. The number of hydrogen-bond acceptors (Lipinski definition) is 7. The van der Waals surface area contributed by atoms with Crippen LogP contribution in [0.3, 0.4) is 0 Å². The van der Waals surface area contributed by atoms with Crippen LogP contribution in [0.2, 0.25) is 0 Å². The minimum atomic E-state index is -0.674. The molecule has 2 aromatic carbocycles. The average Bonchev–Trinajstić information content (AvgIpc) is 3.97. The van der Waals surface area contributed by atoms with Gasteiger partial charge in [-0.2, -0.15) is 0 Å². The van der Waals surface area contributed by atoms with Crippen molar-refractivity contribution in [2.45, 2.75) is 77.5 Å². The largest absolute Gasteiger partial charge is 0.453 e. The molecule has 12 heteroatoms. The number of nitrogens with one attached hydrogen (secondary N) is 4. The molecular weight excluding hydrogens is 644 g/mol. The number of alkyl carbamates (subject to hydrolysis) is 1. The summed E-state index contributed by atoms with van der Waals surface area (Å²) in [7, 11) is 3.14. The molecule has 51 heavy (non-hydrogen) atoms. The first-order valence-electron chi connectivity index (χ1n) is 18.0. The number of H-pyrrole nitrogens is 2. The quantitative estimate of drug-likeness (QED) is 0.149. The molecule has 4 atom stereocenters. The molecule has 2 aromatic heterocycles. The van der Waals surface area contributed by atoms with Crippen LogP contribution in [-0.4, -0.2) is 87.0 Å². The Hall–Kier alpha value is -4.97. The molecule has 4 aromatic rings. The predicted molar refractivity (Wildman–Crippen MR) is 196 cm³/mol. The second-order valence-corrected chi connectivity index (χ2v) is 14.3. The maximum Gasteiger partial charge on any atom is 0.407 e. The molecule has 2 aliphatic heterocycles. The van der Waals surface area contributed by atoms with E-state index >= 15 is 0 Å². The maximum atomic E-state index is 13.5. The molecule has 0 saturated carbocycles. The van der Waals surface area contributed by atoms with Crippen LogP contribution in [0.5, 0.6) is 0 Å². The summed E-state index contributed by atoms with van der Waals surface area (Å²) in [6.07, 6.45) is 6.58. The molecular formula is C39H50N8O4. The third kappa shape index (κ3) is 7.56. The molecule has 4 N–H and O–H groups in total. The first-order chi connectivity index (χ1) is 24.6. The topological polar surface area (TPSA) is 148 Å². The summed E-state index contributed by atoms with van der Waals surface area (Å²) in [5.41, 5.74) is 6.02. The lowest BCUT2D eigenvalue weighted by Crippen LogP contribution is -2.51. The number of ether oxygens (including phenoxy) is 1. The SMILES string of the molecule is CN[C@H](C(=O)N1CCCC1c1ncc(-c2ccc(-c3ccc(-c4cnc(C5CCCN5C(=O)[C@@H](NC(=O)OC)C(C)C)[nH]4)cc3)cc2)[nH]1)C(C)C. The van der Waals surface area contributed by atoms with Crippen LogP contribution >= 0.6 is 0 Å². The van der Waals surface area contributed by atoms with Gasteiger partial charge in [0.15, 0.2) is 0 Å². The number of imidazole rings is 2. The highest BCUT2D eigenvalue weighted by Crippen LogP contribution is 2.35. The number of hydrogen-bond donors (Lipinski definition) is 4. The molecule has 6 rings (SSSR count). The van der Waals surface area contributed by atoms with Crippen LogP contribution in [0.4, 0.5) is 4.79 Å². The highest BCUT2D eigenvalue weighted by atomic mass is 16.5. The number of nitrogens with zero attached hydrogens (tertiary/aromatic N) is 4. The number of rotatable bonds is 11. The van der Waals surface area contributed by atoms with Crippen molar-refractivity contribution in [1.29, 1.82) is 0 Å². The molecule has 2 fully saturated rings. The highest BCUT2D eigenvalue weighted by Gasteiger charge is 2.38. The number of benzene rings is 2. The fourth-order valence-electron chi connectivity index (χ4n) is 7.42. The molecule has 4 heterocycles. The van der Waals surface area contributed by atoms with Gasteiger partial charge in [-0.15, -0.1) is 0 Å². The van der Waals surface area contributed by atoms with Gasteiger partial charge >= 0.3 is 6.09 Å². The molecule has 2 unspecified atom stereocenters. The predicted octanol–water partition coefficient (Wildman–Crippen LogP) is 6.09. The summed E-state index contributed by atoms with van der Waals surface area (Å²) in [5.74, 6) is 1.69. The van der Waals surface area contributed by atoms with Crippen molar-refractivity contribution in [3.05, 3.63) is 72.6 Å². The first kappa shape index (κ1) is 35.8. The first-order valence-corrected chi connectivity index (χ1v) is 18.0. The fraction of sp³-hybridized carbons (Fsp3) is 0.462. The molecule has 2 aliphatic rings. The van der Waals surface area contributed by atoms with Crippen LogP contribution in [0.1, 0.15) is 77.1 Å². The zero-order valence-corrected chi connectivity index (χ0v) is 30.4. The summed E-state index contributed by atoms with van der Waals surface area (Å²) in [6.45, 7) is 9.30. The highest BCUT2D eigenvalue weighted by molar-refractivity contribution is 5.86. The molecule has 0 radical (unpaired) electrons. The molecule has 0 spiro atoms. The van der Waals surface area contributed by atoms with Crippen LogP contribution < -0.4 is 10.6 Å². The Morgan fingerprint density at radius 2 is 1.12 bits per heavy atom. The minimum Gasteiger partial charge on any atom is -0.453 e. The van der Waals surface area contributed by atoms with E-state index in [-0.39, 0.29) is 41.8 Å². The molecule has 0 bridgehead atoms. The van der Waals surface area contributed by atoms with Crippen LogP contribution in [0.15, 0.2) is 60.9 Å². The summed E-state index contributed by atoms with van der Waals surface area (Å²) < 4.78 is 4.75. The third-order valence-corrected chi connectivity index (χ3v) is 10.3. The van der Waals surface area contributed by atoms with E-state index < -0.39 is 12.1 Å². The van der Waals surface area contributed by atoms with Crippen molar-refractivity contribution < 1.29 is 19.1 Å². The van der Waals surface area contributed by atoms with E-state index in [9.17, 15) is 14.4 Å².